The van der Waals surface area contributed by atoms with Crippen LogP contribution in [0.5, 0.6) is 0 Å². The van der Waals surface area contributed by atoms with Gasteiger partial charge in [0, 0.05) is 0 Å². The third-order valence-corrected chi connectivity index (χ3v) is 0.224. The minimum atomic E-state index is 0.323. The highest BCUT2D eigenvalue weighted by Gasteiger charge is 1.80. The molecule has 5 heteroatoms. The van der Waals surface area contributed by atoms with Gasteiger partial charge in [-0.3, -0.25) is 0 Å². The minimum absolute atomic E-state index is 0.323. The first-order valence-corrected chi connectivity index (χ1v) is 1.68. The van der Waals surface area contributed by atoms with Crippen LogP contribution in [0.15, 0.2) is 0 Å². The molecule has 0 rings (SSSR count). The second-order valence-corrected chi connectivity index (χ2v) is 0.617. The Balaban J connectivity index is 2.45. The summed E-state index contributed by atoms with van der Waals surface area (Å²) in [7, 11) is 0. The van der Waals surface area contributed by atoms with Crippen molar-refractivity contribution in [2.45, 2.75) is 6.92 Å². The van der Waals surface area contributed by atoms with Gasteiger partial charge in [-0.2, -0.15) is 0 Å². The molecule has 0 bridgehead atoms. The topological polar surface area (TPSA) is 57.2 Å². The zero-order valence-electron chi connectivity index (χ0n) is 3.79. The molecule has 0 atom stereocenters. The maximum atomic E-state index is 7.37. The van der Waals surface area contributed by atoms with Crippen molar-refractivity contribution in [3.05, 3.63) is 0 Å². The lowest BCUT2D eigenvalue weighted by molar-refractivity contribution is -0.701. The lowest BCUT2D eigenvalue weighted by atomic mass is 10.9. The van der Waals surface area contributed by atoms with E-state index >= 15 is 0 Å². The largest absolute Gasteiger partial charge is 0.219 e. The summed E-state index contributed by atoms with van der Waals surface area (Å²) in [6, 6.07) is 0. The summed E-state index contributed by atoms with van der Waals surface area (Å²) >= 11 is 0. The zero-order valence-corrected chi connectivity index (χ0v) is 3.79. The van der Waals surface area contributed by atoms with Crippen molar-refractivity contribution in [2.75, 3.05) is 6.61 Å². The van der Waals surface area contributed by atoms with Crippen LogP contribution >= 0.6 is 0 Å². The highest BCUT2D eigenvalue weighted by molar-refractivity contribution is 3.89. The van der Waals surface area contributed by atoms with E-state index < -0.39 is 0 Å². The van der Waals surface area contributed by atoms with Crippen LogP contribution in [0.2, 0.25) is 0 Å². The molecule has 5 nitrogen and oxygen atoms in total. The van der Waals surface area contributed by atoms with E-state index in [1.165, 1.54) is 0 Å². The average molecular weight is 110 g/mol. The van der Waals surface area contributed by atoms with Gasteiger partial charge in [-0.15, -0.1) is 0 Å². The molecule has 44 valence electrons. The number of hydrogen-bond acceptors (Lipinski definition) is 5. The van der Waals surface area contributed by atoms with Crippen molar-refractivity contribution in [3.63, 3.8) is 0 Å². The third kappa shape index (κ3) is 5.80. The molecule has 0 aromatic heterocycles. The summed E-state index contributed by atoms with van der Waals surface area (Å²) in [5.74, 6) is 0. The molecule has 0 unspecified atom stereocenters. The van der Waals surface area contributed by atoms with E-state index in [1.807, 2.05) is 0 Å². The Kier molecular flexibility index (Phi) is 5.63. The van der Waals surface area contributed by atoms with Crippen molar-refractivity contribution in [3.8, 4) is 0 Å². The standard InChI is InChI=1S/C2H6O5/c1-2-4-6-7-5-3/h3H,2H2,1H3. The molecule has 0 heterocycles. The van der Waals surface area contributed by atoms with Crippen molar-refractivity contribution in [1.29, 1.82) is 0 Å². The van der Waals surface area contributed by atoms with Gasteiger partial charge in [0.25, 0.3) is 0 Å². The van der Waals surface area contributed by atoms with E-state index in [9.17, 15) is 0 Å². The van der Waals surface area contributed by atoms with Crippen LogP contribution in [0.3, 0.4) is 0 Å². The predicted octanol–water partition coefficient (Wildman–Crippen LogP) is 0.291. The zero-order chi connectivity index (χ0) is 5.54. The van der Waals surface area contributed by atoms with Crippen molar-refractivity contribution in [1.82, 2.24) is 0 Å². The maximum absolute atomic E-state index is 7.37. The Morgan fingerprint density at radius 1 is 1.43 bits per heavy atom. The fourth-order valence-electron chi connectivity index (χ4n) is 0.0802. The molecular formula is C2H6O5. The Hall–Kier alpha value is -0.200. The molecule has 0 fully saturated rings. The molecule has 0 amide bonds. The molecule has 0 saturated carbocycles. The molecule has 0 aliphatic heterocycles. The van der Waals surface area contributed by atoms with Crippen LogP contribution in [0.25, 0.3) is 0 Å². The van der Waals surface area contributed by atoms with E-state index in [0.29, 0.717) is 6.61 Å². The summed E-state index contributed by atoms with van der Waals surface area (Å²) in [4.78, 5) is 4.07. The quantitative estimate of drug-likeness (QED) is 0.320. The van der Waals surface area contributed by atoms with Crippen molar-refractivity contribution in [2.24, 2.45) is 0 Å². The van der Waals surface area contributed by atoms with Gasteiger partial charge in [0.1, 0.15) is 0 Å². The fraction of sp³-hybridized carbons (Fsp3) is 1.00. The van der Waals surface area contributed by atoms with E-state index in [1.54, 1.807) is 6.92 Å². The molecule has 0 aromatic carbocycles. The van der Waals surface area contributed by atoms with Crippen LogP contribution in [0.1, 0.15) is 6.92 Å². The normalized spacial score (nSPS) is 9.43. The Bertz CT molecular complexity index is 25.3. The minimum Gasteiger partial charge on any atom is -0.219 e. The smallest absolute Gasteiger partial charge is 0.0826 e. The summed E-state index contributed by atoms with van der Waals surface area (Å²) in [5.41, 5.74) is 0. The second kappa shape index (κ2) is 5.80. The van der Waals surface area contributed by atoms with Gasteiger partial charge in [-0.05, 0) is 22.0 Å². The van der Waals surface area contributed by atoms with Crippen molar-refractivity contribution < 1.29 is 25.3 Å². The summed E-state index contributed by atoms with van der Waals surface area (Å²) in [5, 5.41) is 17.4. The summed E-state index contributed by atoms with van der Waals surface area (Å²) in [6.45, 7) is 2.00. The van der Waals surface area contributed by atoms with Gasteiger partial charge in [0.05, 0.1) is 6.61 Å². The van der Waals surface area contributed by atoms with E-state index in [-0.39, 0.29) is 0 Å². The van der Waals surface area contributed by atoms with Gasteiger partial charge in [-0.25, -0.2) is 10.1 Å². The van der Waals surface area contributed by atoms with Crippen LogP contribution in [-0.4, -0.2) is 11.9 Å². The average Bonchev–Trinajstić information content (AvgIpc) is 1.69. The monoisotopic (exact) mass is 110 g/mol. The molecular weight excluding hydrogens is 104 g/mol. The van der Waals surface area contributed by atoms with E-state index in [4.69, 9.17) is 5.26 Å². The van der Waals surface area contributed by atoms with Crippen molar-refractivity contribution >= 4 is 0 Å². The first kappa shape index (κ1) is 6.80. The molecule has 0 spiro atoms. The second-order valence-electron chi connectivity index (χ2n) is 0.617. The van der Waals surface area contributed by atoms with Gasteiger partial charge in [0.15, 0.2) is 0 Å². The predicted molar refractivity (Wildman–Crippen MR) is 17.5 cm³/mol. The molecule has 0 aliphatic rings. The molecule has 7 heavy (non-hydrogen) atoms. The van der Waals surface area contributed by atoms with E-state index in [2.05, 4.69) is 20.0 Å². The Morgan fingerprint density at radius 2 is 2.14 bits per heavy atom. The first-order chi connectivity index (χ1) is 3.41. The fourth-order valence-corrected chi connectivity index (χ4v) is 0.0802. The SMILES string of the molecule is CCOOOOO. The van der Waals surface area contributed by atoms with Crippen LogP contribution in [0, 0.1) is 0 Å². The van der Waals surface area contributed by atoms with Crippen LogP contribution in [-0.2, 0) is 20.0 Å². The molecule has 0 aliphatic carbocycles. The number of hydrogen-bond donors (Lipinski definition) is 1. The van der Waals surface area contributed by atoms with Crippen LogP contribution < -0.4 is 0 Å². The van der Waals surface area contributed by atoms with Crippen LogP contribution in [0.4, 0.5) is 0 Å². The lowest BCUT2D eigenvalue weighted by Crippen LogP contribution is -1.93. The Labute approximate surface area is 40.1 Å². The number of rotatable bonds is 4. The van der Waals surface area contributed by atoms with Gasteiger partial charge in [0.2, 0.25) is 0 Å². The van der Waals surface area contributed by atoms with Gasteiger partial charge >= 0.3 is 0 Å². The molecule has 0 radical (unpaired) electrons. The third-order valence-electron chi connectivity index (χ3n) is 0.224. The first-order valence-electron chi connectivity index (χ1n) is 1.68. The summed E-state index contributed by atoms with van der Waals surface area (Å²) < 4.78 is 0. The highest BCUT2D eigenvalue weighted by atomic mass is 17.8. The van der Waals surface area contributed by atoms with E-state index in [0.717, 1.165) is 0 Å². The molecule has 0 saturated heterocycles. The maximum Gasteiger partial charge on any atom is 0.0826 e. The summed E-state index contributed by atoms with van der Waals surface area (Å²) in [6.07, 6.45) is 0. The van der Waals surface area contributed by atoms with Gasteiger partial charge < -0.3 is 0 Å². The molecule has 0 aromatic rings. The Morgan fingerprint density at radius 3 is 2.57 bits per heavy atom. The molecule has 1 N–H and O–H groups in total. The highest BCUT2D eigenvalue weighted by Crippen LogP contribution is 1.77. The lowest BCUT2D eigenvalue weighted by Gasteiger charge is -1.91. The van der Waals surface area contributed by atoms with Gasteiger partial charge in [-0.1, -0.05) is 0 Å².